The van der Waals surface area contributed by atoms with Crippen molar-refractivity contribution in [3.63, 3.8) is 0 Å². The van der Waals surface area contributed by atoms with Crippen molar-refractivity contribution in [2.75, 3.05) is 13.7 Å². The molecule has 1 amide bonds. The molecule has 2 aromatic rings. The van der Waals surface area contributed by atoms with Crippen molar-refractivity contribution in [1.29, 1.82) is 0 Å². The predicted octanol–water partition coefficient (Wildman–Crippen LogP) is 4.32. The maximum Gasteiger partial charge on any atom is 0.252 e. The summed E-state index contributed by atoms with van der Waals surface area (Å²) in [5.41, 5.74) is 5.16. The maximum atomic E-state index is 12.0. The van der Waals surface area contributed by atoms with E-state index in [2.05, 4.69) is 50.5 Å². The van der Waals surface area contributed by atoms with Crippen molar-refractivity contribution < 1.29 is 14.3 Å². The molecule has 0 saturated heterocycles. The van der Waals surface area contributed by atoms with Crippen LogP contribution in [-0.4, -0.2) is 30.7 Å². The topological polar surface area (TPSA) is 59.6 Å². The normalized spacial score (nSPS) is 19.3. The first-order chi connectivity index (χ1) is 14.2. The number of methoxy groups -OCH3 is 1. The van der Waals surface area contributed by atoms with Gasteiger partial charge in [0.15, 0.2) is 0 Å². The van der Waals surface area contributed by atoms with Crippen molar-refractivity contribution in [3.8, 4) is 11.5 Å². The van der Waals surface area contributed by atoms with Crippen molar-refractivity contribution in [3.05, 3.63) is 64.7 Å². The molecular formula is C25H30N2O3. The Bertz CT molecular complexity index is 1000. The van der Waals surface area contributed by atoms with E-state index >= 15 is 0 Å². The van der Waals surface area contributed by atoms with Crippen LogP contribution in [0.15, 0.2) is 48.0 Å². The van der Waals surface area contributed by atoms with Gasteiger partial charge in [-0.3, -0.25) is 4.79 Å². The fourth-order valence-electron chi connectivity index (χ4n) is 4.66. The van der Waals surface area contributed by atoms with Crippen LogP contribution in [0.2, 0.25) is 0 Å². The lowest BCUT2D eigenvalue weighted by molar-refractivity contribution is 0.0965. The second-order valence-corrected chi connectivity index (χ2v) is 9.29. The second kappa shape index (κ2) is 7.47. The molecule has 5 nitrogen and oxygen atoms in total. The van der Waals surface area contributed by atoms with Gasteiger partial charge in [0.1, 0.15) is 18.1 Å². The lowest BCUT2D eigenvalue weighted by atomic mass is 9.75. The van der Waals surface area contributed by atoms with E-state index in [1.54, 1.807) is 7.11 Å². The lowest BCUT2D eigenvalue weighted by Crippen LogP contribution is -2.57. The number of amides is 1. The van der Waals surface area contributed by atoms with Gasteiger partial charge in [-0.25, -0.2) is 0 Å². The molecule has 0 aromatic heterocycles. The molecule has 2 aromatic carbocycles. The van der Waals surface area contributed by atoms with Crippen molar-refractivity contribution >= 4 is 11.5 Å². The Morgan fingerprint density at radius 1 is 1.00 bits per heavy atom. The van der Waals surface area contributed by atoms with E-state index < -0.39 is 0 Å². The molecule has 0 spiro atoms. The molecule has 0 unspecified atom stereocenters. The summed E-state index contributed by atoms with van der Waals surface area (Å²) in [4.78, 5) is 12.0. The Morgan fingerprint density at radius 3 is 2.40 bits per heavy atom. The van der Waals surface area contributed by atoms with Crippen LogP contribution >= 0.6 is 0 Å². The number of hydrogen-bond acceptors (Lipinski definition) is 4. The van der Waals surface area contributed by atoms with Crippen LogP contribution in [0.1, 0.15) is 55.6 Å². The van der Waals surface area contributed by atoms with Gasteiger partial charge in [-0.1, -0.05) is 18.2 Å². The summed E-state index contributed by atoms with van der Waals surface area (Å²) in [5.74, 6) is 1.53. The van der Waals surface area contributed by atoms with Crippen LogP contribution < -0.4 is 20.1 Å². The zero-order chi connectivity index (χ0) is 21.5. The number of rotatable bonds is 5. The first-order valence-electron chi connectivity index (χ1n) is 10.4. The summed E-state index contributed by atoms with van der Waals surface area (Å²) >= 11 is 0. The zero-order valence-corrected chi connectivity index (χ0v) is 18.4. The van der Waals surface area contributed by atoms with Crippen LogP contribution in [-0.2, 0) is 6.54 Å². The predicted molar refractivity (Wildman–Crippen MR) is 119 cm³/mol. The van der Waals surface area contributed by atoms with Gasteiger partial charge < -0.3 is 20.1 Å². The Morgan fingerprint density at radius 2 is 1.70 bits per heavy atom. The van der Waals surface area contributed by atoms with Gasteiger partial charge in [0.25, 0.3) is 5.91 Å². The number of carbonyl (C=O) groups excluding carboxylic acids is 1. The fourth-order valence-corrected chi connectivity index (χ4v) is 4.66. The SMILES string of the molecule is COc1ccc(C2=C(COc3ccc4c(c3)C(=O)NC4)C(C)(C)NC(C)(C)C2)cc1. The Hall–Kier alpha value is -2.79. The third-order valence-corrected chi connectivity index (χ3v) is 5.98. The molecule has 2 N–H and O–H groups in total. The van der Waals surface area contributed by atoms with Gasteiger partial charge in [0.05, 0.1) is 7.11 Å². The Kier molecular flexibility index (Phi) is 5.10. The van der Waals surface area contributed by atoms with Gasteiger partial charge in [-0.2, -0.15) is 0 Å². The summed E-state index contributed by atoms with van der Waals surface area (Å²) in [5, 5.41) is 6.62. The van der Waals surface area contributed by atoms with E-state index in [1.165, 1.54) is 16.7 Å². The lowest BCUT2D eigenvalue weighted by Gasteiger charge is -2.45. The number of hydrogen-bond donors (Lipinski definition) is 2. The molecule has 5 heteroatoms. The largest absolute Gasteiger partial charge is 0.497 e. The molecule has 4 rings (SSSR count). The van der Waals surface area contributed by atoms with E-state index in [9.17, 15) is 4.79 Å². The van der Waals surface area contributed by atoms with Gasteiger partial charge in [0.2, 0.25) is 0 Å². The Labute approximate surface area is 178 Å². The summed E-state index contributed by atoms with van der Waals surface area (Å²) in [6.07, 6.45) is 0.897. The highest BCUT2D eigenvalue weighted by Gasteiger charge is 2.39. The Balaban J connectivity index is 1.68. The number of nitrogens with one attached hydrogen (secondary N) is 2. The summed E-state index contributed by atoms with van der Waals surface area (Å²) in [6, 6.07) is 14.0. The van der Waals surface area contributed by atoms with Crippen molar-refractivity contribution in [2.24, 2.45) is 0 Å². The number of fused-ring (bicyclic) bond motifs is 1. The van der Waals surface area contributed by atoms with E-state index in [4.69, 9.17) is 9.47 Å². The van der Waals surface area contributed by atoms with Crippen molar-refractivity contribution in [2.45, 2.75) is 51.7 Å². The van der Waals surface area contributed by atoms with E-state index in [0.717, 1.165) is 17.7 Å². The van der Waals surface area contributed by atoms with Crippen LogP contribution in [0.4, 0.5) is 0 Å². The van der Waals surface area contributed by atoms with E-state index in [0.29, 0.717) is 24.5 Å². The first kappa shape index (κ1) is 20.5. The smallest absolute Gasteiger partial charge is 0.252 e. The fraction of sp³-hybridized carbons (Fsp3) is 0.400. The molecule has 0 saturated carbocycles. The van der Waals surface area contributed by atoms with E-state index in [-0.39, 0.29) is 17.0 Å². The van der Waals surface area contributed by atoms with Crippen LogP contribution in [0, 0.1) is 0 Å². The highest BCUT2D eigenvalue weighted by Crippen LogP contribution is 2.39. The molecule has 2 heterocycles. The van der Waals surface area contributed by atoms with Crippen LogP contribution in [0.3, 0.4) is 0 Å². The molecule has 30 heavy (non-hydrogen) atoms. The van der Waals surface area contributed by atoms with Crippen LogP contribution in [0.25, 0.3) is 5.57 Å². The standard InChI is InChI=1S/C25H30N2O3/c1-24(2)13-21(16-6-9-18(29-5)10-7-16)22(25(3,4)27-24)15-30-19-11-8-17-14-26-23(28)20(17)12-19/h6-12,27H,13-15H2,1-5H3,(H,26,28). The molecular weight excluding hydrogens is 376 g/mol. The highest BCUT2D eigenvalue weighted by molar-refractivity contribution is 5.98. The number of ether oxygens (including phenoxy) is 2. The van der Waals surface area contributed by atoms with Gasteiger partial charge >= 0.3 is 0 Å². The van der Waals surface area contributed by atoms with E-state index in [1.807, 2.05) is 30.3 Å². The summed E-state index contributed by atoms with van der Waals surface area (Å²) in [7, 11) is 1.68. The maximum absolute atomic E-state index is 12.0. The van der Waals surface area contributed by atoms with Crippen molar-refractivity contribution in [1.82, 2.24) is 10.6 Å². The molecule has 0 fully saturated rings. The average Bonchev–Trinajstić information content (AvgIpc) is 3.06. The first-order valence-corrected chi connectivity index (χ1v) is 10.4. The average molecular weight is 407 g/mol. The molecule has 2 aliphatic rings. The third kappa shape index (κ3) is 3.94. The zero-order valence-electron chi connectivity index (χ0n) is 18.4. The number of benzene rings is 2. The summed E-state index contributed by atoms with van der Waals surface area (Å²) < 4.78 is 11.5. The molecule has 0 atom stereocenters. The summed E-state index contributed by atoms with van der Waals surface area (Å²) in [6.45, 7) is 9.91. The molecule has 0 radical (unpaired) electrons. The monoisotopic (exact) mass is 406 g/mol. The quantitative estimate of drug-likeness (QED) is 0.776. The van der Waals surface area contributed by atoms with Gasteiger partial charge in [-0.05, 0) is 80.7 Å². The van der Waals surface area contributed by atoms with Gasteiger partial charge in [0, 0.05) is 23.2 Å². The number of carbonyl (C=O) groups is 1. The molecule has 0 aliphatic carbocycles. The van der Waals surface area contributed by atoms with Crippen LogP contribution in [0.5, 0.6) is 11.5 Å². The molecule has 2 aliphatic heterocycles. The minimum Gasteiger partial charge on any atom is -0.497 e. The van der Waals surface area contributed by atoms with Gasteiger partial charge in [-0.15, -0.1) is 0 Å². The minimum atomic E-state index is -0.231. The molecule has 0 bridgehead atoms. The molecule has 158 valence electrons. The minimum absolute atomic E-state index is 0.0324. The third-order valence-electron chi connectivity index (χ3n) is 5.98. The second-order valence-electron chi connectivity index (χ2n) is 9.29. The highest BCUT2D eigenvalue weighted by atomic mass is 16.5.